The van der Waals surface area contributed by atoms with Crippen LogP contribution in [0.1, 0.15) is 5.56 Å². The van der Waals surface area contributed by atoms with Crippen LogP contribution in [0, 0.1) is 10.1 Å². The number of nitrogens with zero attached hydrogens (tertiary/aromatic N) is 6. The predicted octanol–water partition coefficient (Wildman–Crippen LogP) is 4.34. The van der Waals surface area contributed by atoms with Crippen LogP contribution in [-0.2, 0) is 0 Å². The molecule has 0 aliphatic rings. The summed E-state index contributed by atoms with van der Waals surface area (Å²) in [5, 5.41) is 35.6. The monoisotopic (exact) mass is 548 g/mol. The van der Waals surface area contributed by atoms with Gasteiger partial charge in [-0.1, -0.05) is 31.9 Å². The summed E-state index contributed by atoms with van der Waals surface area (Å²) < 4.78 is 5.97. The minimum atomic E-state index is -0.692. The van der Waals surface area contributed by atoms with E-state index in [0.717, 1.165) is 10.2 Å². The predicted molar refractivity (Wildman–Crippen MR) is 118 cm³/mol. The van der Waals surface area contributed by atoms with E-state index in [0.29, 0.717) is 4.47 Å². The molecule has 0 saturated carbocycles. The summed E-state index contributed by atoms with van der Waals surface area (Å²) in [6, 6.07) is 10.0. The van der Waals surface area contributed by atoms with Crippen molar-refractivity contribution >= 4 is 72.4 Å². The number of hydrogen-bond acceptors (Lipinski definition) is 11. The SMILES string of the molecule is O=[N+]([O-])c1cc(Br)cc(/C=N/Nc2nc3nonc3nc2Nc2ccc(Br)cc2)c1O. The second-order valence-electron chi connectivity index (χ2n) is 5.95. The summed E-state index contributed by atoms with van der Waals surface area (Å²) in [6.07, 6.45) is 1.21. The van der Waals surface area contributed by atoms with Crippen molar-refractivity contribution in [2.45, 2.75) is 0 Å². The Bertz CT molecular complexity index is 1310. The molecule has 4 aromatic rings. The molecule has 0 atom stereocenters. The molecule has 4 rings (SSSR count). The molecule has 2 aromatic carbocycles. The third-order valence-electron chi connectivity index (χ3n) is 3.88. The minimum Gasteiger partial charge on any atom is -0.502 e. The Labute approximate surface area is 189 Å². The van der Waals surface area contributed by atoms with Crippen molar-refractivity contribution in [3.05, 3.63) is 61.0 Å². The van der Waals surface area contributed by atoms with E-state index in [-0.39, 0.29) is 28.5 Å². The molecule has 31 heavy (non-hydrogen) atoms. The van der Waals surface area contributed by atoms with Gasteiger partial charge < -0.3 is 10.4 Å². The van der Waals surface area contributed by atoms with E-state index in [4.69, 9.17) is 0 Å². The molecule has 2 aromatic heterocycles. The summed E-state index contributed by atoms with van der Waals surface area (Å²) in [5.41, 5.74) is 3.42. The Kier molecular flexibility index (Phi) is 5.73. The quantitative estimate of drug-likeness (QED) is 0.179. The molecule has 2 heterocycles. The Balaban J connectivity index is 1.65. The van der Waals surface area contributed by atoms with Gasteiger partial charge in [0.2, 0.25) is 17.0 Å². The largest absolute Gasteiger partial charge is 0.502 e. The highest BCUT2D eigenvalue weighted by Crippen LogP contribution is 2.32. The molecular formula is C17H10Br2N8O4. The van der Waals surface area contributed by atoms with E-state index in [9.17, 15) is 15.2 Å². The average molecular weight is 550 g/mol. The van der Waals surface area contributed by atoms with E-state index in [2.05, 4.69) is 72.6 Å². The summed E-state index contributed by atoms with van der Waals surface area (Å²) >= 11 is 6.54. The molecule has 0 spiro atoms. The third-order valence-corrected chi connectivity index (χ3v) is 4.86. The lowest BCUT2D eigenvalue weighted by Gasteiger charge is -2.09. The summed E-state index contributed by atoms with van der Waals surface area (Å²) in [6.45, 7) is 0. The maximum absolute atomic E-state index is 11.1. The number of fused-ring (bicyclic) bond motifs is 1. The Hall–Kier alpha value is -3.65. The fourth-order valence-electron chi connectivity index (χ4n) is 2.48. The topological polar surface area (TPSA) is 164 Å². The van der Waals surface area contributed by atoms with Crippen molar-refractivity contribution in [1.82, 2.24) is 20.3 Å². The molecule has 0 saturated heterocycles. The maximum Gasteiger partial charge on any atom is 0.312 e. The van der Waals surface area contributed by atoms with Gasteiger partial charge in [-0.2, -0.15) is 10.1 Å². The van der Waals surface area contributed by atoms with Crippen LogP contribution < -0.4 is 10.7 Å². The molecule has 12 nitrogen and oxygen atoms in total. The zero-order valence-corrected chi connectivity index (χ0v) is 18.3. The van der Waals surface area contributed by atoms with Gasteiger partial charge in [0.15, 0.2) is 11.6 Å². The fourth-order valence-corrected chi connectivity index (χ4v) is 3.21. The van der Waals surface area contributed by atoms with Crippen LogP contribution in [-0.4, -0.2) is 36.5 Å². The van der Waals surface area contributed by atoms with Gasteiger partial charge in [-0.05, 0) is 40.6 Å². The highest BCUT2D eigenvalue weighted by molar-refractivity contribution is 9.10. The number of phenolic OH excluding ortho intramolecular Hbond substituents is 1. The first-order chi connectivity index (χ1) is 14.9. The molecule has 14 heteroatoms. The highest BCUT2D eigenvalue weighted by Gasteiger charge is 2.18. The number of anilines is 3. The second kappa shape index (κ2) is 8.61. The van der Waals surface area contributed by atoms with Gasteiger partial charge in [0.25, 0.3) is 0 Å². The van der Waals surface area contributed by atoms with Crippen LogP contribution in [0.2, 0.25) is 0 Å². The van der Waals surface area contributed by atoms with Crippen LogP contribution in [0.25, 0.3) is 11.3 Å². The molecule has 0 bridgehead atoms. The summed E-state index contributed by atoms with van der Waals surface area (Å²) in [5.74, 6) is -0.0485. The number of aromatic nitrogens is 4. The standard InChI is InChI=1S/C17H10Br2N8O4/c18-9-1-3-11(4-2-9)21-14-15(23-17-16(22-14)25-31-26-17)24-20-7-8-5-10(19)6-12(13(8)28)27(29)30/h1-7,28H,(H,21,22,25)(H,23,24,26)/b20-7+. The number of hydrogen-bond donors (Lipinski definition) is 3. The summed E-state index contributed by atoms with van der Waals surface area (Å²) in [4.78, 5) is 19.0. The van der Waals surface area contributed by atoms with E-state index in [1.807, 2.05) is 24.3 Å². The lowest BCUT2D eigenvalue weighted by molar-refractivity contribution is -0.385. The van der Waals surface area contributed by atoms with E-state index in [1.165, 1.54) is 18.3 Å². The maximum atomic E-state index is 11.1. The molecule has 0 aliphatic carbocycles. The lowest BCUT2D eigenvalue weighted by atomic mass is 10.2. The smallest absolute Gasteiger partial charge is 0.312 e. The zero-order chi connectivity index (χ0) is 22.0. The Morgan fingerprint density at radius 2 is 1.74 bits per heavy atom. The first kappa shape index (κ1) is 20.6. The van der Waals surface area contributed by atoms with Crippen molar-refractivity contribution in [3.8, 4) is 5.75 Å². The average Bonchev–Trinajstić information content (AvgIpc) is 3.19. The van der Waals surface area contributed by atoms with Crippen LogP contribution in [0.5, 0.6) is 5.75 Å². The van der Waals surface area contributed by atoms with E-state index in [1.54, 1.807) is 0 Å². The first-order valence-electron chi connectivity index (χ1n) is 8.39. The highest BCUT2D eigenvalue weighted by atomic mass is 79.9. The molecule has 0 unspecified atom stereocenters. The van der Waals surface area contributed by atoms with Gasteiger partial charge in [-0.15, -0.1) is 0 Å². The molecule has 3 N–H and O–H groups in total. The third kappa shape index (κ3) is 4.59. The molecule has 0 aliphatic heterocycles. The number of hydrazone groups is 1. The normalized spacial score (nSPS) is 11.2. The van der Waals surface area contributed by atoms with Gasteiger partial charge >= 0.3 is 5.69 Å². The molecule has 0 radical (unpaired) electrons. The van der Waals surface area contributed by atoms with Crippen molar-refractivity contribution in [1.29, 1.82) is 0 Å². The van der Waals surface area contributed by atoms with Gasteiger partial charge in [0.05, 0.1) is 11.1 Å². The lowest BCUT2D eigenvalue weighted by Crippen LogP contribution is -2.03. The number of nitrogens with one attached hydrogen (secondary N) is 2. The number of phenols is 1. The van der Waals surface area contributed by atoms with Crippen LogP contribution in [0.15, 0.2) is 55.1 Å². The van der Waals surface area contributed by atoms with E-state index >= 15 is 0 Å². The molecule has 0 fully saturated rings. The van der Waals surface area contributed by atoms with Crippen LogP contribution in [0.4, 0.5) is 23.0 Å². The number of halogens is 2. The number of nitro groups is 1. The molecule has 0 amide bonds. The molecular weight excluding hydrogens is 540 g/mol. The Morgan fingerprint density at radius 1 is 1.06 bits per heavy atom. The van der Waals surface area contributed by atoms with Gasteiger partial charge in [-0.25, -0.2) is 9.61 Å². The number of rotatable bonds is 6. The van der Waals surface area contributed by atoms with E-state index < -0.39 is 16.4 Å². The van der Waals surface area contributed by atoms with Gasteiger partial charge in [-0.3, -0.25) is 15.5 Å². The van der Waals surface area contributed by atoms with Crippen molar-refractivity contribution < 1.29 is 14.7 Å². The second-order valence-corrected chi connectivity index (χ2v) is 7.79. The van der Waals surface area contributed by atoms with Crippen molar-refractivity contribution in [2.24, 2.45) is 5.10 Å². The fraction of sp³-hybridized carbons (Fsp3) is 0. The van der Waals surface area contributed by atoms with Crippen LogP contribution in [0.3, 0.4) is 0 Å². The number of aromatic hydroxyl groups is 1. The first-order valence-corrected chi connectivity index (χ1v) is 9.98. The van der Waals surface area contributed by atoms with Crippen LogP contribution >= 0.6 is 31.9 Å². The summed E-state index contributed by atoms with van der Waals surface area (Å²) in [7, 11) is 0. The molecule has 156 valence electrons. The van der Waals surface area contributed by atoms with Gasteiger partial charge in [0.1, 0.15) is 0 Å². The van der Waals surface area contributed by atoms with Crippen molar-refractivity contribution in [2.75, 3.05) is 10.7 Å². The minimum absolute atomic E-state index is 0.119. The zero-order valence-electron chi connectivity index (χ0n) is 15.2. The van der Waals surface area contributed by atoms with Gasteiger partial charge in [0, 0.05) is 26.3 Å². The Morgan fingerprint density at radius 3 is 2.42 bits per heavy atom. The number of benzene rings is 2. The number of nitro benzene ring substituents is 1. The van der Waals surface area contributed by atoms with Crippen molar-refractivity contribution in [3.63, 3.8) is 0 Å².